The van der Waals surface area contributed by atoms with Gasteiger partial charge in [0, 0.05) is 48.6 Å². The van der Waals surface area contributed by atoms with Gasteiger partial charge in [0.2, 0.25) is 10.2 Å². The molecule has 2 saturated heterocycles. The Morgan fingerprint density at radius 2 is 1.14 bits per heavy atom. The Morgan fingerprint density at radius 1 is 0.750 bits per heavy atom. The van der Waals surface area contributed by atoms with Crippen LogP contribution in [-0.2, 0) is 19.2 Å². The minimum atomic E-state index is -1.03. The summed E-state index contributed by atoms with van der Waals surface area (Å²) in [5.74, 6) is -1.18. The molecular formula is C28H32N2O10S4. The summed E-state index contributed by atoms with van der Waals surface area (Å²) in [6.45, 7) is 0.200. The second-order valence-corrected chi connectivity index (χ2v) is 14.2. The van der Waals surface area contributed by atoms with Crippen LogP contribution in [0.5, 0.6) is 23.0 Å². The van der Waals surface area contributed by atoms with Gasteiger partial charge in [-0.05, 0) is 33.7 Å². The Kier molecular flexibility index (Phi) is 12.0. The van der Waals surface area contributed by atoms with Crippen molar-refractivity contribution in [1.82, 2.24) is 9.80 Å². The van der Waals surface area contributed by atoms with Gasteiger partial charge in [-0.3, -0.25) is 29.0 Å². The first-order valence-corrected chi connectivity index (χ1v) is 17.6. The lowest BCUT2D eigenvalue weighted by atomic mass is 10.1. The van der Waals surface area contributed by atoms with Crippen LogP contribution in [0.1, 0.15) is 34.7 Å². The zero-order chi connectivity index (χ0) is 32.0. The fraction of sp³-hybridized carbons (Fsp3) is 0.429. The van der Waals surface area contributed by atoms with Crippen LogP contribution in [0.25, 0.3) is 0 Å². The lowest BCUT2D eigenvalue weighted by Crippen LogP contribution is -2.40. The number of thioether (sulfide) groups is 2. The Balaban J connectivity index is 1.33. The highest BCUT2D eigenvalue weighted by molar-refractivity contribution is 8.87. The molecule has 2 aromatic rings. The quantitative estimate of drug-likeness (QED) is 0.236. The summed E-state index contributed by atoms with van der Waals surface area (Å²) in [5, 5.41) is 39.1. The number of hydrogen-bond donors (Lipinski definition) is 4. The normalized spacial score (nSPS) is 22.1. The molecule has 0 amide bonds. The highest BCUT2D eigenvalue weighted by Crippen LogP contribution is 2.48. The molecule has 2 heterocycles. The minimum Gasteiger partial charge on any atom is -0.504 e. The van der Waals surface area contributed by atoms with Crippen molar-refractivity contribution in [1.29, 1.82) is 0 Å². The van der Waals surface area contributed by atoms with E-state index in [0.717, 1.165) is 21.6 Å². The Morgan fingerprint density at radius 3 is 1.48 bits per heavy atom. The van der Waals surface area contributed by atoms with Gasteiger partial charge in [-0.15, -0.1) is 23.5 Å². The number of carbonyl (C=O) groups is 4. The predicted octanol–water partition coefficient (Wildman–Crippen LogP) is 4.03. The van der Waals surface area contributed by atoms with Crippen molar-refractivity contribution in [2.45, 2.75) is 35.7 Å². The van der Waals surface area contributed by atoms with Crippen molar-refractivity contribution < 1.29 is 49.1 Å². The van der Waals surface area contributed by atoms with Gasteiger partial charge in [-0.2, -0.15) is 0 Å². The van der Waals surface area contributed by atoms with E-state index < -0.39 is 34.8 Å². The van der Waals surface area contributed by atoms with Gasteiger partial charge >= 0.3 is 11.9 Å². The van der Waals surface area contributed by atoms with Gasteiger partial charge in [0.1, 0.15) is 12.1 Å². The number of carbonyl (C=O) groups excluding carboxylic acids is 2. The largest absolute Gasteiger partial charge is 0.504 e. The molecule has 44 heavy (non-hydrogen) atoms. The maximum Gasteiger partial charge on any atom is 0.321 e. The number of ether oxygens (including phenoxy) is 2. The van der Waals surface area contributed by atoms with Gasteiger partial charge in [0.25, 0.3) is 0 Å². The van der Waals surface area contributed by atoms with Crippen LogP contribution >= 0.6 is 45.1 Å². The Bertz CT molecular complexity index is 1290. The summed E-state index contributed by atoms with van der Waals surface area (Å²) in [4.78, 5) is 52.6. The summed E-state index contributed by atoms with van der Waals surface area (Å²) in [6, 6.07) is 8.24. The number of carboxylic acid groups (broad SMARTS) is 2. The van der Waals surface area contributed by atoms with E-state index in [1.165, 1.54) is 37.7 Å². The van der Waals surface area contributed by atoms with E-state index in [0.29, 0.717) is 11.1 Å². The molecule has 4 atom stereocenters. The van der Waals surface area contributed by atoms with E-state index in [2.05, 4.69) is 0 Å². The van der Waals surface area contributed by atoms with E-state index in [4.69, 9.17) is 9.47 Å². The third-order valence-corrected chi connectivity index (χ3v) is 12.1. The standard InChI is InChI=1S/C28H32N2O10S4/c1-39-19-7-3-5-15(23(19)33)25-29(17(13-41-25)27(35)36)11-9-21(31)43-44-22(32)10-12-30-18(28(37)38)14-42-26(30)16-6-4-8-20(40-2)24(16)34/h3-8,17-18,25-26,33-34H,9-14H2,1-2H3,(H,35,36)(H,37,38). The summed E-state index contributed by atoms with van der Waals surface area (Å²) < 4.78 is 10.4. The summed E-state index contributed by atoms with van der Waals surface area (Å²) in [5.41, 5.74) is 0.978. The van der Waals surface area contributed by atoms with Crippen LogP contribution in [0.3, 0.4) is 0 Å². The SMILES string of the molecule is COc1cccc(C2SCC(C(=O)O)N2CCC(=O)SSC(=O)CCN2C(C(=O)O)CSC2c2cccc(OC)c2O)c1O. The van der Waals surface area contributed by atoms with Crippen molar-refractivity contribution in [3.8, 4) is 23.0 Å². The van der Waals surface area contributed by atoms with Crippen LogP contribution in [0.4, 0.5) is 0 Å². The number of hydrogen-bond acceptors (Lipinski definition) is 14. The second-order valence-electron chi connectivity index (χ2n) is 9.76. The number of aliphatic carboxylic acids is 2. The fourth-order valence-corrected chi connectivity index (χ4v) is 9.62. The zero-order valence-corrected chi connectivity index (χ0v) is 27.0. The van der Waals surface area contributed by atoms with Gasteiger partial charge in [-0.25, -0.2) is 0 Å². The Labute approximate surface area is 270 Å². The molecule has 2 fully saturated rings. The molecule has 0 aromatic heterocycles. The van der Waals surface area contributed by atoms with Crippen molar-refractivity contribution in [3.63, 3.8) is 0 Å². The topological polar surface area (TPSA) is 174 Å². The van der Waals surface area contributed by atoms with Crippen molar-refractivity contribution in [2.75, 3.05) is 38.8 Å². The molecule has 0 radical (unpaired) electrons. The summed E-state index contributed by atoms with van der Waals surface area (Å²) >= 11 is 2.69. The molecule has 0 saturated carbocycles. The molecule has 2 aromatic carbocycles. The average molecular weight is 685 g/mol. The number of benzene rings is 2. The maximum absolute atomic E-state index is 12.7. The van der Waals surface area contributed by atoms with Crippen LogP contribution in [0, 0.1) is 0 Å². The van der Waals surface area contributed by atoms with Crippen LogP contribution in [-0.4, -0.2) is 103 Å². The molecule has 12 nitrogen and oxygen atoms in total. The minimum absolute atomic E-state index is 0.0302. The number of nitrogens with zero attached hydrogens (tertiary/aromatic N) is 2. The number of rotatable bonds is 12. The smallest absolute Gasteiger partial charge is 0.321 e. The lowest BCUT2D eigenvalue weighted by Gasteiger charge is -2.28. The lowest BCUT2D eigenvalue weighted by molar-refractivity contribution is -0.143. The summed E-state index contributed by atoms with van der Waals surface area (Å²) in [6.07, 6.45) is -0.0604. The third kappa shape index (κ3) is 7.72. The van der Waals surface area contributed by atoms with Crippen LogP contribution in [0.15, 0.2) is 36.4 Å². The van der Waals surface area contributed by atoms with Crippen molar-refractivity contribution >= 4 is 67.3 Å². The van der Waals surface area contributed by atoms with E-state index >= 15 is 0 Å². The number of phenolic OH excluding ortho intramolecular Hbond substituents is 2. The summed E-state index contributed by atoms with van der Waals surface area (Å²) in [7, 11) is 4.36. The second kappa shape index (κ2) is 15.5. The van der Waals surface area contributed by atoms with Gasteiger partial charge in [0.15, 0.2) is 23.0 Å². The number of aromatic hydroxyl groups is 2. The number of phenols is 2. The number of carboxylic acids is 2. The van der Waals surface area contributed by atoms with E-state index in [1.807, 2.05) is 0 Å². The molecule has 4 unspecified atom stereocenters. The van der Waals surface area contributed by atoms with E-state index in [-0.39, 0.29) is 70.7 Å². The molecular weight excluding hydrogens is 653 g/mol. The van der Waals surface area contributed by atoms with E-state index in [1.54, 1.807) is 46.2 Å². The molecule has 238 valence electrons. The van der Waals surface area contributed by atoms with Gasteiger partial charge < -0.3 is 29.9 Å². The fourth-order valence-electron chi connectivity index (χ4n) is 5.01. The average Bonchev–Trinajstić information content (AvgIpc) is 3.63. The van der Waals surface area contributed by atoms with Crippen molar-refractivity contribution in [3.05, 3.63) is 47.5 Å². The molecule has 2 aliphatic rings. The molecule has 4 rings (SSSR count). The highest BCUT2D eigenvalue weighted by Gasteiger charge is 2.42. The highest BCUT2D eigenvalue weighted by atomic mass is 33.1. The first-order chi connectivity index (χ1) is 21.1. The van der Waals surface area contributed by atoms with E-state index in [9.17, 15) is 39.6 Å². The number of para-hydroxylation sites is 2. The molecule has 2 aliphatic heterocycles. The molecule has 16 heteroatoms. The first kappa shape index (κ1) is 34.1. The van der Waals surface area contributed by atoms with Crippen LogP contribution < -0.4 is 9.47 Å². The maximum atomic E-state index is 12.7. The molecule has 0 bridgehead atoms. The molecule has 0 spiro atoms. The third-order valence-electron chi connectivity index (χ3n) is 7.21. The first-order valence-electron chi connectivity index (χ1n) is 13.4. The van der Waals surface area contributed by atoms with Gasteiger partial charge in [0.05, 0.1) is 25.0 Å². The molecule has 0 aliphatic carbocycles. The number of methoxy groups -OCH3 is 2. The zero-order valence-electron chi connectivity index (χ0n) is 23.8. The van der Waals surface area contributed by atoms with Crippen molar-refractivity contribution in [2.24, 2.45) is 0 Å². The van der Waals surface area contributed by atoms with Gasteiger partial charge in [-0.1, -0.05) is 24.3 Å². The molecule has 4 N–H and O–H groups in total. The predicted molar refractivity (Wildman–Crippen MR) is 170 cm³/mol. The Hall–Kier alpha value is -2.76. The monoisotopic (exact) mass is 684 g/mol. The van der Waals surface area contributed by atoms with Crippen LogP contribution in [0.2, 0.25) is 0 Å².